The Bertz CT molecular complexity index is 679. The summed E-state index contributed by atoms with van der Waals surface area (Å²) < 4.78 is 0. The van der Waals surface area contributed by atoms with Crippen LogP contribution in [0.3, 0.4) is 0 Å². The van der Waals surface area contributed by atoms with Crippen molar-refractivity contribution in [2.45, 2.75) is 13.5 Å². The molecule has 22 heavy (non-hydrogen) atoms. The molecule has 0 radical (unpaired) electrons. The Balaban J connectivity index is 2.27. The smallest absolute Gasteiger partial charge is 0.290 e. The summed E-state index contributed by atoms with van der Waals surface area (Å²) in [6.45, 7) is 2.43. The van der Waals surface area contributed by atoms with Crippen LogP contribution in [0, 0.1) is 17.0 Å². The molecule has 0 fully saturated rings. The Labute approximate surface area is 133 Å². The topological polar surface area (TPSA) is 79.5 Å². The van der Waals surface area contributed by atoms with Gasteiger partial charge < -0.3 is 10.0 Å². The lowest BCUT2D eigenvalue weighted by Gasteiger charge is -2.23. The van der Waals surface area contributed by atoms with Gasteiger partial charge in [-0.15, -0.1) is 0 Å². The van der Waals surface area contributed by atoms with E-state index < -0.39 is 4.92 Å². The molecule has 116 valence electrons. The van der Waals surface area contributed by atoms with Gasteiger partial charge in [-0.25, -0.2) is 4.98 Å². The molecule has 0 saturated carbocycles. The molecular weight excluding hydrogens is 306 g/mol. The standard InChI is InChI=1S/C15H16ClN3O3/c1-11-14(19(21)22)5-6-15(17-11)18(7-8-20)10-12-3-2-4-13(16)9-12/h2-6,9,20H,7-8,10H2,1H3. The van der Waals surface area contributed by atoms with Crippen LogP contribution in [-0.4, -0.2) is 28.2 Å². The van der Waals surface area contributed by atoms with Crippen LogP contribution in [0.1, 0.15) is 11.3 Å². The van der Waals surface area contributed by atoms with E-state index in [4.69, 9.17) is 11.6 Å². The number of aliphatic hydroxyl groups excluding tert-OH is 1. The van der Waals surface area contributed by atoms with Gasteiger partial charge in [-0.3, -0.25) is 10.1 Å². The first kappa shape index (κ1) is 16.2. The van der Waals surface area contributed by atoms with Gasteiger partial charge in [0.05, 0.1) is 11.5 Å². The predicted octanol–water partition coefficient (Wildman–Crippen LogP) is 2.95. The average Bonchev–Trinajstić information content (AvgIpc) is 2.46. The van der Waals surface area contributed by atoms with E-state index in [9.17, 15) is 15.2 Å². The molecule has 1 heterocycles. The molecule has 1 aromatic carbocycles. The highest BCUT2D eigenvalue weighted by molar-refractivity contribution is 6.30. The third-order valence-electron chi connectivity index (χ3n) is 3.20. The summed E-state index contributed by atoms with van der Waals surface area (Å²) in [5, 5.41) is 20.7. The number of benzene rings is 1. The second-order valence-corrected chi connectivity index (χ2v) is 5.24. The molecule has 0 spiro atoms. The number of aliphatic hydroxyl groups is 1. The molecule has 0 saturated heterocycles. The molecule has 2 aromatic rings. The molecule has 7 heteroatoms. The van der Waals surface area contributed by atoms with Crippen molar-refractivity contribution in [3.05, 3.63) is 62.8 Å². The number of aryl methyl sites for hydroxylation is 1. The second-order valence-electron chi connectivity index (χ2n) is 4.81. The number of hydrogen-bond donors (Lipinski definition) is 1. The lowest BCUT2D eigenvalue weighted by Crippen LogP contribution is -2.27. The molecule has 6 nitrogen and oxygen atoms in total. The summed E-state index contributed by atoms with van der Waals surface area (Å²) in [6, 6.07) is 10.4. The van der Waals surface area contributed by atoms with E-state index >= 15 is 0 Å². The first-order chi connectivity index (χ1) is 10.5. The number of aromatic nitrogens is 1. The maximum Gasteiger partial charge on any atom is 0.290 e. The fourth-order valence-electron chi connectivity index (χ4n) is 2.16. The molecule has 1 aromatic heterocycles. The minimum Gasteiger partial charge on any atom is -0.395 e. The van der Waals surface area contributed by atoms with Crippen LogP contribution in [0.5, 0.6) is 0 Å². The normalized spacial score (nSPS) is 10.5. The van der Waals surface area contributed by atoms with Crippen LogP contribution >= 0.6 is 11.6 Å². The van der Waals surface area contributed by atoms with E-state index in [1.165, 1.54) is 6.07 Å². The number of anilines is 1. The molecule has 2 rings (SSSR count). The molecular formula is C15H16ClN3O3. The number of nitro groups is 1. The van der Waals surface area contributed by atoms with Crippen LogP contribution in [0.4, 0.5) is 11.5 Å². The van der Waals surface area contributed by atoms with Gasteiger partial charge in [0.1, 0.15) is 11.5 Å². The Hall–Kier alpha value is -2.18. The van der Waals surface area contributed by atoms with E-state index in [-0.39, 0.29) is 12.3 Å². The summed E-state index contributed by atoms with van der Waals surface area (Å²) in [6.07, 6.45) is 0. The van der Waals surface area contributed by atoms with Gasteiger partial charge in [-0.05, 0) is 30.7 Å². The molecule has 0 aliphatic carbocycles. The van der Waals surface area contributed by atoms with E-state index in [2.05, 4.69) is 4.98 Å². The van der Waals surface area contributed by atoms with Gasteiger partial charge in [0.25, 0.3) is 5.69 Å². The zero-order chi connectivity index (χ0) is 16.1. The van der Waals surface area contributed by atoms with E-state index in [0.29, 0.717) is 29.6 Å². The zero-order valence-electron chi connectivity index (χ0n) is 12.1. The van der Waals surface area contributed by atoms with Crippen LogP contribution < -0.4 is 4.90 Å². The van der Waals surface area contributed by atoms with Gasteiger partial charge in [-0.2, -0.15) is 0 Å². The van der Waals surface area contributed by atoms with Crippen molar-refractivity contribution in [2.75, 3.05) is 18.1 Å². The molecule has 0 bridgehead atoms. The molecule has 0 aliphatic heterocycles. The van der Waals surface area contributed by atoms with Gasteiger partial charge in [0.2, 0.25) is 0 Å². The highest BCUT2D eigenvalue weighted by Gasteiger charge is 2.15. The third-order valence-corrected chi connectivity index (χ3v) is 3.43. The van der Waals surface area contributed by atoms with Crippen molar-refractivity contribution in [3.63, 3.8) is 0 Å². The summed E-state index contributed by atoms with van der Waals surface area (Å²) in [5.41, 5.74) is 1.30. The lowest BCUT2D eigenvalue weighted by molar-refractivity contribution is -0.385. The number of rotatable bonds is 6. The highest BCUT2D eigenvalue weighted by Crippen LogP contribution is 2.22. The van der Waals surface area contributed by atoms with Gasteiger partial charge in [0.15, 0.2) is 0 Å². The Kier molecular flexibility index (Phi) is 5.30. The summed E-state index contributed by atoms with van der Waals surface area (Å²) in [4.78, 5) is 16.5. The van der Waals surface area contributed by atoms with Gasteiger partial charge in [-0.1, -0.05) is 23.7 Å². The van der Waals surface area contributed by atoms with Crippen molar-refractivity contribution >= 4 is 23.1 Å². The fraction of sp³-hybridized carbons (Fsp3) is 0.267. The second kappa shape index (κ2) is 7.20. The lowest BCUT2D eigenvalue weighted by atomic mass is 10.2. The van der Waals surface area contributed by atoms with E-state index in [0.717, 1.165) is 5.56 Å². The van der Waals surface area contributed by atoms with Crippen molar-refractivity contribution in [3.8, 4) is 0 Å². The van der Waals surface area contributed by atoms with E-state index in [1.807, 2.05) is 23.1 Å². The van der Waals surface area contributed by atoms with E-state index in [1.54, 1.807) is 19.1 Å². The first-order valence-electron chi connectivity index (χ1n) is 6.73. The van der Waals surface area contributed by atoms with Crippen LogP contribution in [0.2, 0.25) is 5.02 Å². The average molecular weight is 322 g/mol. The van der Waals surface area contributed by atoms with Crippen LogP contribution in [-0.2, 0) is 6.54 Å². The van der Waals surface area contributed by atoms with Crippen molar-refractivity contribution < 1.29 is 10.0 Å². The van der Waals surface area contributed by atoms with Crippen molar-refractivity contribution in [1.82, 2.24) is 4.98 Å². The first-order valence-corrected chi connectivity index (χ1v) is 7.11. The number of nitrogens with zero attached hydrogens (tertiary/aromatic N) is 3. The zero-order valence-corrected chi connectivity index (χ0v) is 12.8. The maximum absolute atomic E-state index is 10.9. The summed E-state index contributed by atoms with van der Waals surface area (Å²) in [5.74, 6) is 0.581. The molecule has 0 aliphatic rings. The fourth-order valence-corrected chi connectivity index (χ4v) is 2.37. The van der Waals surface area contributed by atoms with Crippen LogP contribution in [0.25, 0.3) is 0 Å². The molecule has 0 unspecified atom stereocenters. The largest absolute Gasteiger partial charge is 0.395 e. The summed E-state index contributed by atoms with van der Waals surface area (Å²) in [7, 11) is 0. The number of hydrogen-bond acceptors (Lipinski definition) is 5. The molecule has 1 N–H and O–H groups in total. The maximum atomic E-state index is 10.9. The highest BCUT2D eigenvalue weighted by atomic mass is 35.5. The Morgan fingerprint density at radius 2 is 2.14 bits per heavy atom. The molecule has 0 atom stereocenters. The minimum absolute atomic E-state index is 0.0181. The number of halogens is 1. The third kappa shape index (κ3) is 3.93. The number of pyridine rings is 1. The predicted molar refractivity (Wildman–Crippen MR) is 85.2 cm³/mol. The monoisotopic (exact) mass is 321 g/mol. The van der Waals surface area contributed by atoms with Gasteiger partial charge >= 0.3 is 0 Å². The quantitative estimate of drug-likeness (QED) is 0.653. The van der Waals surface area contributed by atoms with Gasteiger partial charge in [0, 0.05) is 24.2 Å². The SMILES string of the molecule is Cc1nc(N(CCO)Cc2cccc(Cl)c2)ccc1[N+](=O)[O-]. The molecule has 0 amide bonds. The minimum atomic E-state index is -0.459. The Morgan fingerprint density at radius 1 is 1.36 bits per heavy atom. The van der Waals surface area contributed by atoms with Crippen molar-refractivity contribution in [1.29, 1.82) is 0 Å². The summed E-state index contributed by atoms with van der Waals surface area (Å²) >= 11 is 5.97. The Morgan fingerprint density at radius 3 is 2.73 bits per heavy atom. The van der Waals surface area contributed by atoms with Crippen molar-refractivity contribution in [2.24, 2.45) is 0 Å². The van der Waals surface area contributed by atoms with Crippen LogP contribution in [0.15, 0.2) is 36.4 Å².